The molecule has 1 aliphatic rings. The summed E-state index contributed by atoms with van der Waals surface area (Å²) in [4.78, 5) is 28.9. The van der Waals surface area contributed by atoms with E-state index in [9.17, 15) is 9.59 Å². The molecule has 0 saturated carbocycles. The van der Waals surface area contributed by atoms with Crippen LogP contribution in [0.2, 0.25) is 0 Å². The van der Waals surface area contributed by atoms with Gasteiger partial charge in [0.1, 0.15) is 4.88 Å². The number of aromatic carboxylic acids is 1. The SMILES string of the molecule is CC(=O)c1sc(NCCN2CCSCC2)nc1C(=O)O. The fourth-order valence-corrected chi connectivity index (χ4v) is 3.78. The highest BCUT2D eigenvalue weighted by molar-refractivity contribution is 7.99. The number of carboxylic acid groups (broad SMARTS) is 1. The fraction of sp³-hybridized carbons (Fsp3) is 0.583. The Hall–Kier alpha value is -1.12. The molecule has 0 aromatic carbocycles. The number of anilines is 1. The first-order valence-electron chi connectivity index (χ1n) is 6.37. The van der Waals surface area contributed by atoms with Gasteiger partial charge in [0.2, 0.25) is 0 Å². The number of thioether (sulfide) groups is 1. The molecule has 2 heterocycles. The van der Waals surface area contributed by atoms with Crippen LogP contribution >= 0.6 is 23.1 Å². The van der Waals surface area contributed by atoms with Gasteiger partial charge in [-0.05, 0) is 0 Å². The smallest absolute Gasteiger partial charge is 0.356 e. The number of thiazole rings is 1. The summed E-state index contributed by atoms with van der Waals surface area (Å²) in [6.07, 6.45) is 0. The molecule has 0 atom stereocenters. The van der Waals surface area contributed by atoms with Gasteiger partial charge in [-0.2, -0.15) is 11.8 Å². The van der Waals surface area contributed by atoms with Crippen LogP contribution < -0.4 is 5.32 Å². The second-order valence-electron chi connectivity index (χ2n) is 4.44. The number of Topliss-reactive ketones (excluding diaryl/α,β-unsaturated/α-hetero) is 1. The summed E-state index contributed by atoms with van der Waals surface area (Å²) in [6.45, 7) is 5.13. The maximum atomic E-state index is 11.4. The van der Waals surface area contributed by atoms with Crippen LogP contribution in [0.15, 0.2) is 0 Å². The lowest BCUT2D eigenvalue weighted by Crippen LogP contribution is -2.36. The number of rotatable bonds is 6. The van der Waals surface area contributed by atoms with E-state index in [2.05, 4.69) is 15.2 Å². The van der Waals surface area contributed by atoms with Gasteiger partial charge in [-0.15, -0.1) is 0 Å². The molecule has 20 heavy (non-hydrogen) atoms. The molecule has 6 nitrogen and oxygen atoms in total. The van der Waals surface area contributed by atoms with E-state index in [4.69, 9.17) is 5.11 Å². The zero-order chi connectivity index (χ0) is 14.5. The van der Waals surface area contributed by atoms with Gasteiger partial charge in [-0.25, -0.2) is 9.78 Å². The summed E-state index contributed by atoms with van der Waals surface area (Å²) in [5, 5.41) is 12.6. The molecule has 8 heteroatoms. The van der Waals surface area contributed by atoms with Gasteiger partial charge in [0.05, 0.1) is 0 Å². The molecule has 1 saturated heterocycles. The topological polar surface area (TPSA) is 82.5 Å². The van der Waals surface area contributed by atoms with Gasteiger partial charge in [-0.3, -0.25) is 9.69 Å². The van der Waals surface area contributed by atoms with Gasteiger partial charge in [0.25, 0.3) is 0 Å². The number of nitrogens with zero attached hydrogens (tertiary/aromatic N) is 2. The lowest BCUT2D eigenvalue weighted by atomic mass is 10.3. The number of aromatic nitrogens is 1. The van der Waals surface area contributed by atoms with Crippen LogP contribution in [0.4, 0.5) is 5.13 Å². The summed E-state index contributed by atoms with van der Waals surface area (Å²) in [5.41, 5.74) is -0.153. The third-order valence-electron chi connectivity index (χ3n) is 2.96. The van der Waals surface area contributed by atoms with E-state index in [-0.39, 0.29) is 16.4 Å². The average Bonchev–Trinajstić information content (AvgIpc) is 2.85. The van der Waals surface area contributed by atoms with Crippen LogP contribution in [-0.2, 0) is 0 Å². The van der Waals surface area contributed by atoms with E-state index in [1.807, 2.05) is 11.8 Å². The summed E-state index contributed by atoms with van der Waals surface area (Å²) in [5.74, 6) is 0.901. The summed E-state index contributed by atoms with van der Waals surface area (Å²) in [7, 11) is 0. The number of nitrogens with one attached hydrogen (secondary N) is 1. The van der Waals surface area contributed by atoms with Gasteiger partial charge in [0, 0.05) is 44.6 Å². The largest absolute Gasteiger partial charge is 0.476 e. The molecular formula is C12H17N3O3S2. The van der Waals surface area contributed by atoms with E-state index in [0.29, 0.717) is 11.7 Å². The number of carbonyl (C=O) groups is 2. The molecule has 0 radical (unpaired) electrons. The number of hydrogen-bond donors (Lipinski definition) is 2. The van der Waals surface area contributed by atoms with Crippen molar-refractivity contribution in [2.24, 2.45) is 0 Å². The van der Waals surface area contributed by atoms with Crippen LogP contribution in [0.5, 0.6) is 0 Å². The summed E-state index contributed by atoms with van der Waals surface area (Å²) >= 11 is 3.07. The molecule has 0 spiro atoms. The Bertz CT molecular complexity index is 467. The Morgan fingerprint density at radius 3 is 2.65 bits per heavy atom. The standard InChI is InChI=1S/C12H17N3O3S2/c1-8(16)10-9(11(17)18)14-12(20-10)13-2-3-15-4-6-19-7-5-15/h2-7H2,1H3,(H,13,14)(H,17,18). The van der Waals surface area contributed by atoms with Gasteiger partial charge in [-0.1, -0.05) is 11.3 Å². The summed E-state index contributed by atoms with van der Waals surface area (Å²) in [6, 6.07) is 0. The maximum Gasteiger partial charge on any atom is 0.356 e. The van der Waals surface area contributed by atoms with Gasteiger partial charge in [0.15, 0.2) is 16.6 Å². The highest BCUT2D eigenvalue weighted by Gasteiger charge is 2.20. The fourth-order valence-electron chi connectivity index (χ4n) is 1.93. The monoisotopic (exact) mass is 315 g/mol. The minimum Gasteiger partial charge on any atom is -0.476 e. The Labute approximate surface area is 125 Å². The number of ketones is 1. The maximum absolute atomic E-state index is 11.4. The Balaban J connectivity index is 1.90. The van der Waals surface area contributed by atoms with Crippen LogP contribution in [0.3, 0.4) is 0 Å². The Morgan fingerprint density at radius 1 is 1.40 bits per heavy atom. The van der Waals surface area contributed by atoms with Crippen molar-refractivity contribution in [2.75, 3.05) is 43.0 Å². The van der Waals surface area contributed by atoms with Crippen molar-refractivity contribution in [1.82, 2.24) is 9.88 Å². The molecule has 0 amide bonds. The van der Waals surface area contributed by atoms with E-state index < -0.39 is 5.97 Å². The minimum atomic E-state index is -1.16. The quantitative estimate of drug-likeness (QED) is 0.770. The predicted octanol–water partition coefficient (Wildman–Crippen LogP) is 1.50. The van der Waals surface area contributed by atoms with Gasteiger partial charge < -0.3 is 10.4 Å². The zero-order valence-electron chi connectivity index (χ0n) is 11.2. The molecule has 1 aromatic rings. The number of carboxylic acids is 1. The highest BCUT2D eigenvalue weighted by atomic mass is 32.2. The lowest BCUT2D eigenvalue weighted by molar-refractivity contribution is 0.0687. The van der Waals surface area contributed by atoms with Gasteiger partial charge >= 0.3 is 5.97 Å². The molecule has 0 bridgehead atoms. The number of hydrogen-bond acceptors (Lipinski definition) is 7. The molecule has 1 aromatic heterocycles. The van der Waals surface area contributed by atoms with Crippen molar-refractivity contribution >= 4 is 40.0 Å². The van der Waals surface area contributed by atoms with Crippen molar-refractivity contribution in [3.63, 3.8) is 0 Å². The van der Waals surface area contributed by atoms with Crippen molar-refractivity contribution in [3.8, 4) is 0 Å². The zero-order valence-corrected chi connectivity index (χ0v) is 12.9. The second kappa shape index (κ2) is 7.05. The third-order valence-corrected chi connectivity index (χ3v) is 5.01. The normalized spacial score (nSPS) is 16.1. The molecule has 2 rings (SSSR count). The van der Waals surface area contributed by atoms with Crippen LogP contribution in [-0.4, -0.2) is 64.4 Å². The van der Waals surface area contributed by atoms with E-state index in [0.717, 1.165) is 42.5 Å². The van der Waals surface area contributed by atoms with Crippen molar-refractivity contribution in [3.05, 3.63) is 10.6 Å². The first-order chi connectivity index (χ1) is 9.58. The van der Waals surface area contributed by atoms with E-state index in [1.165, 1.54) is 6.92 Å². The Morgan fingerprint density at radius 2 is 2.10 bits per heavy atom. The predicted molar refractivity (Wildman–Crippen MR) is 81.3 cm³/mol. The van der Waals surface area contributed by atoms with Crippen molar-refractivity contribution < 1.29 is 14.7 Å². The van der Waals surface area contributed by atoms with Crippen LogP contribution in [0.1, 0.15) is 27.1 Å². The second-order valence-corrected chi connectivity index (χ2v) is 6.66. The minimum absolute atomic E-state index is 0.153. The third kappa shape index (κ3) is 3.94. The van der Waals surface area contributed by atoms with E-state index >= 15 is 0 Å². The lowest BCUT2D eigenvalue weighted by Gasteiger charge is -2.25. The van der Waals surface area contributed by atoms with Crippen LogP contribution in [0.25, 0.3) is 0 Å². The first kappa shape index (κ1) is 15.3. The highest BCUT2D eigenvalue weighted by Crippen LogP contribution is 2.23. The molecular weight excluding hydrogens is 298 g/mol. The molecule has 110 valence electrons. The van der Waals surface area contributed by atoms with E-state index in [1.54, 1.807) is 0 Å². The summed E-state index contributed by atoms with van der Waals surface area (Å²) < 4.78 is 0. The van der Waals surface area contributed by atoms with Crippen LogP contribution in [0, 0.1) is 0 Å². The molecule has 2 N–H and O–H groups in total. The number of carbonyl (C=O) groups excluding carboxylic acids is 1. The van der Waals surface area contributed by atoms with Crippen molar-refractivity contribution in [1.29, 1.82) is 0 Å². The molecule has 1 fully saturated rings. The molecule has 0 aliphatic carbocycles. The molecule has 1 aliphatic heterocycles. The van der Waals surface area contributed by atoms with Crippen molar-refractivity contribution in [2.45, 2.75) is 6.92 Å². The molecule has 0 unspecified atom stereocenters. The average molecular weight is 315 g/mol. The Kier molecular flexibility index (Phi) is 5.38. The first-order valence-corrected chi connectivity index (χ1v) is 8.34.